The molecule has 0 aliphatic carbocycles. The minimum Gasteiger partial charge on any atom is -0.373 e. The zero-order chi connectivity index (χ0) is 14.1. The lowest BCUT2D eigenvalue weighted by atomic mass is 9.99. The summed E-state index contributed by atoms with van der Waals surface area (Å²) in [5.74, 6) is -1.07. The number of hydrogen-bond acceptors (Lipinski definition) is 3. The van der Waals surface area contributed by atoms with Crippen molar-refractivity contribution in [1.29, 1.82) is 0 Å². The third-order valence-electron chi connectivity index (χ3n) is 4.40. The van der Waals surface area contributed by atoms with Crippen molar-refractivity contribution >= 4 is 0 Å². The molecule has 1 aromatic carbocycles. The van der Waals surface area contributed by atoms with Crippen LogP contribution in [0.2, 0.25) is 0 Å². The normalized spacial score (nSPS) is 28.4. The second kappa shape index (κ2) is 5.76. The van der Waals surface area contributed by atoms with Crippen molar-refractivity contribution in [1.82, 2.24) is 10.2 Å². The van der Waals surface area contributed by atoms with Crippen molar-refractivity contribution in [2.45, 2.75) is 31.0 Å². The van der Waals surface area contributed by atoms with E-state index in [4.69, 9.17) is 4.74 Å². The quantitative estimate of drug-likeness (QED) is 0.919. The molecule has 0 radical (unpaired) electrons. The highest BCUT2D eigenvalue weighted by Crippen LogP contribution is 2.29. The molecule has 0 aromatic heterocycles. The highest BCUT2D eigenvalue weighted by molar-refractivity contribution is 5.23. The zero-order valence-corrected chi connectivity index (χ0v) is 11.6. The van der Waals surface area contributed by atoms with E-state index in [1.165, 1.54) is 25.0 Å². The van der Waals surface area contributed by atoms with Gasteiger partial charge in [0.2, 0.25) is 0 Å². The Kier molecular flexibility index (Phi) is 4.01. The Morgan fingerprint density at radius 2 is 2.25 bits per heavy atom. The molecule has 3 unspecified atom stereocenters. The van der Waals surface area contributed by atoms with E-state index in [9.17, 15) is 8.78 Å². The molecule has 3 rings (SSSR count). The average molecular weight is 282 g/mol. The maximum absolute atomic E-state index is 14.0. The number of nitrogens with one attached hydrogen (secondary N) is 1. The van der Waals surface area contributed by atoms with Crippen molar-refractivity contribution in [2.75, 3.05) is 26.7 Å². The van der Waals surface area contributed by atoms with E-state index in [2.05, 4.69) is 10.2 Å². The molecule has 20 heavy (non-hydrogen) atoms. The van der Waals surface area contributed by atoms with E-state index in [1.54, 1.807) is 7.05 Å². The molecule has 2 fully saturated rings. The molecule has 1 N–H and O–H groups in total. The first-order chi connectivity index (χ1) is 9.69. The minimum absolute atomic E-state index is 0.102. The molecule has 110 valence electrons. The summed E-state index contributed by atoms with van der Waals surface area (Å²) in [6.07, 6.45) is 2.28. The molecule has 2 heterocycles. The number of benzene rings is 1. The number of morpholine rings is 1. The fraction of sp³-hybridized carbons (Fsp3) is 0.600. The highest BCUT2D eigenvalue weighted by atomic mass is 19.1. The summed E-state index contributed by atoms with van der Waals surface area (Å²) in [5, 5.41) is 3.11. The van der Waals surface area contributed by atoms with Gasteiger partial charge >= 0.3 is 0 Å². The van der Waals surface area contributed by atoms with Gasteiger partial charge in [0.25, 0.3) is 0 Å². The van der Waals surface area contributed by atoms with Gasteiger partial charge in [-0.1, -0.05) is 6.07 Å². The number of fused-ring (bicyclic) bond motifs is 1. The van der Waals surface area contributed by atoms with Crippen LogP contribution in [0.5, 0.6) is 0 Å². The molecule has 0 amide bonds. The first kappa shape index (κ1) is 13.9. The molecule has 3 nitrogen and oxygen atoms in total. The molecule has 2 saturated heterocycles. The Labute approximate surface area is 117 Å². The van der Waals surface area contributed by atoms with E-state index >= 15 is 0 Å². The van der Waals surface area contributed by atoms with Gasteiger partial charge in [-0.25, -0.2) is 8.78 Å². The maximum atomic E-state index is 14.0. The topological polar surface area (TPSA) is 24.5 Å². The number of ether oxygens (including phenoxy) is 1. The van der Waals surface area contributed by atoms with E-state index in [1.807, 2.05) is 0 Å². The Morgan fingerprint density at radius 1 is 1.40 bits per heavy atom. The Hall–Kier alpha value is -1.04. The average Bonchev–Trinajstić information content (AvgIpc) is 2.89. The summed E-state index contributed by atoms with van der Waals surface area (Å²) in [5.41, 5.74) is 0.469. The largest absolute Gasteiger partial charge is 0.373 e. The van der Waals surface area contributed by atoms with Crippen LogP contribution in [0.4, 0.5) is 8.78 Å². The second-order valence-electron chi connectivity index (χ2n) is 5.59. The van der Waals surface area contributed by atoms with Gasteiger partial charge in [-0.05, 0) is 32.5 Å². The molecule has 0 saturated carbocycles. The van der Waals surface area contributed by atoms with Gasteiger partial charge < -0.3 is 10.1 Å². The Balaban J connectivity index is 1.79. The zero-order valence-electron chi connectivity index (χ0n) is 11.6. The van der Waals surface area contributed by atoms with Crippen molar-refractivity contribution in [2.24, 2.45) is 0 Å². The van der Waals surface area contributed by atoms with E-state index in [0.717, 1.165) is 19.2 Å². The molecule has 0 spiro atoms. The van der Waals surface area contributed by atoms with E-state index < -0.39 is 11.6 Å². The van der Waals surface area contributed by atoms with Gasteiger partial charge in [-0.3, -0.25) is 4.90 Å². The lowest BCUT2D eigenvalue weighted by Crippen LogP contribution is -2.50. The van der Waals surface area contributed by atoms with Crippen molar-refractivity contribution in [3.05, 3.63) is 35.4 Å². The van der Waals surface area contributed by atoms with Gasteiger partial charge in [0.1, 0.15) is 11.6 Å². The van der Waals surface area contributed by atoms with Crippen molar-refractivity contribution < 1.29 is 13.5 Å². The number of nitrogens with zero attached hydrogens (tertiary/aromatic N) is 1. The van der Waals surface area contributed by atoms with Crippen molar-refractivity contribution in [3.8, 4) is 0 Å². The number of rotatable bonds is 3. The molecular formula is C15H20F2N2O. The van der Waals surface area contributed by atoms with E-state index in [-0.39, 0.29) is 12.1 Å². The molecule has 2 aliphatic rings. The smallest absolute Gasteiger partial charge is 0.130 e. The molecule has 0 bridgehead atoms. The summed E-state index contributed by atoms with van der Waals surface area (Å²) < 4.78 is 32.9. The summed E-state index contributed by atoms with van der Waals surface area (Å²) in [7, 11) is 1.78. The number of halogens is 2. The van der Waals surface area contributed by atoms with Crippen LogP contribution < -0.4 is 5.32 Å². The van der Waals surface area contributed by atoms with Crippen LogP contribution in [0.25, 0.3) is 0 Å². The summed E-state index contributed by atoms with van der Waals surface area (Å²) >= 11 is 0. The summed E-state index contributed by atoms with van der Waals surface area (Å²) in [6, 6.07) is 4.00. The first-order valence-electron chi connectivity index (χ1n) is 7.17. The van der Waals surface area contributed by atoms with Crippen LogP contribution in [0.15, 0.2) is 18.2 Å². The van der Waals surface area contributed by atoms with Gasteiger partial charge in [0.15, 0.2) is 0 Å². The Bertz CT molecular complexity index is 483. The van der Waals surface area contributed by atoms with Crippen molar-refractivity contribution in [3.63, 3.8) is 0 Å². The van der Waals surface area contributed by atoms with Crippen LogP contribution in [0, 0.1) is 11.6 Å². The van der Waals surface area contributed by atoms with Gasteiger partial charge in [-0.2, -0.15) is 0 Å². The molecule has 1 aromatic rings. The fourth-order valence-electron chi connectivity index (χ4n) is 3.34. The monoisotopic (exact) mass is 282 g/mol. The standard InChI is InChI=1S/C15H20F2N2O/c1-18-15(12-5-4-10(16)7-13(12)17)14-8-19-6-2-3-11(19)9-20-14/h4-5,7,11,14-15,18H,2-3,6,8-9H2,1H3. The second-order valence-corrected chi connectivity index (χ2v) is 5.59. The molecule has 2 aliphatic heterocycles. The number of hydrogen-bond donors (Lipinski definition) is 1. The van der Waals surface area contributed by atoms with Crippen LogP contribution in [0.1, 0.15) is 24.4 Å². The number of likely N-dealkylation sites (N-methyl/N-ethyl adjacent to an activating group) is 1. The lowest BCUT2D eigenvalue weighted by molar-refractivity contribution is -0.0647. The predicted octanol–water partition coefficient (Wildman–Crippen LogP) is 2.09. The SMILES string of the molecule is CNC(c1ccc(F)cc1F)C1CN2CCCC2CO1. The van der Waals surface area contributed by atoms with E-state index in [0.29, 0.717) is 18.2 Å². The third kappa shape index (κ3) is 2.57. The van der Waals surface area contributed by atoms with Crippen LogP contribution >= 0.6 is 0 Å². The maximum Gasteiger partial charge on any atom is 0.130 e. The lowest BCUT2D eigenvalue weighted by Gasteiger charge is -2.39. The van der Waals surface area contributed by atoms with Crippen LogP contribution in [-0.2, 0) is 4.74 Å². The van der Waals surface area contributed by atoms with Crippen LogP contribution in [0.3, 0.4) is 0 Å². The highest BCUT2D eigenvalue weighted by Gasteiger charge is 2.36. The van der Waals surface area contributed by atoms with Gasteiger partial charge in [-0.15, -0.1) is 0 Å². The fourth-order valence-corrected chi connectivity index (χ4v) is 3.34. The predicted molar refractivity (Wildman–Crippen MR) is 72.5 cm³/mol. The summed E-state index contributed by atoms with van der Waals surface area (Å²) in [6.45, 7) is 2.59. The Morgan fingerprint density at radius 3 is 3.00 bits per heavy atom. The van der Waals surface area contributed by atoms with Gasteiger partial charge in [0, 0.05) is 24.2 Å². The third-order valence-corrected chi connectivity index (χ3v) is 4.40. The molecule has 5 heteroatoms. The first-order valence-corrected chi connectivity index (χ1v) is 7.17. The van der Waals surface area contributed by atoms with Gasteiger partial charge in [0.05, 0.1) is 18.8 Å². The minimum atomic E-state index is -0.551. The van der Waals surface area contributed by atoms with Crippen LogP contribution in [-0.4, -0.2) is 43.8 Å². The molecule has 3 atom stereocenters. The molecular weight excluding hydrogens is 262 g/mol. The summed E-state index contributed by atoms with van der Waals surface area (Å²) in [4.78, 5) is 2.42.